The second kappa shape index (κ2) is 8.39. The molecule has 1 atom stereocenters. The monoisotopic (exact) mass is 504 g/mol. The highest BCUT2D eigenvalue weighted by atomic mass is 79.9. The first-order valence-electron chi connectivity index (χ1n) is 10.4. The van der Waals surface area contributed by atoms with Crippen LogP contribution in [-0.2, 0) is 38.8 Å². The van der Waals surface area contributed by atoms with E-state index in [0.29, 0.717) is 29.7 Å². The van der Waals surface area contributed by atoms with Crippen LogP contribution in [0.15, 0.2) is 45.8 Å². The van der Waals surface area contributed by atoms with Crippen molar-refractivity contribution in [2.24, 2.45) is 0 Å². The van der Waals surface area contributed by atoms with Crippen LogP contribution in [0.25, 0.3) is 0 Å². The zero-order chi connectivity index (χ0) is 22.3. The van der Waals surface area contributed by atoms with Crippen molar-refractivity contribution < 1.29 is 18.0 Å². The molecule has 4 rings (SSSR count). The molecule has 8 heteroatoms. The first-order valence-corrected chi connectivity index (χ1v) is 12.8. The number of benzene rings is 2. The zero-order valence-corrected chi connectivity index (χ0v) is 20.0. The van der Waals surface area contributed by atoms with Gasteiger partial charge < -0.3 is 9.80 Å². The second-order valence-electron chi connectivity index (χ2n) is 8.26. The van der Waals surface area contributed by atoms with Gasteiger partial charge >= 0.3 is 0 Å². The van der Waals surface area contributed by atoms with E-state index >= 15 is 0 Å². The molecule has 0 saturated carbocycles. The molecular formula is C23H25BrN2O4S. The van der Waals surface area contributed by atoms with E-state index in [2.05, 4.69) is 22.0 Å². The van der Waals surface area contributed by atoms with E-state index in [1.54, 1.807) is 15.9 Å². The molecule has 2 amide bonds. The Morgan fingerprint density at radius 1 is 1.13 bits per heavy atom. The summed E-state index contributed by atoms with van der Waals surface area (Å²) >= 11 is 3.40. The van der Waals surface area contributed by atoms with Crippen LogP contribution in [0.3, 0.4) is 0 Å². The number of amides is 2. The molecule has 2 aliphatic rings. The summed E-state index contributed by atoms with van der Waals surface area (Å²) in [5, 5.41) is 0. The molecule has 2 aromatic rings. The summed E-state index contributed by atoms with van der Waals surface area (Å²) in [6, 6.07) is 11.3. The van der Waals surface area contributed by atoms with Crippen LogP contribution in [0.5, 0.6) is 0 Å². The van der Waals surface area contributed by atoms with Crippen LogP contribution >= 0.6 is 15.9 Å². The van der Waals surface area contributed by atoms with Crippen LogP contribution in [0, 0.1) is 0 Å². The average Bonchev–Trinajstić information content (AvgIpc) is 3.06. The van der Waals surface area contributed by atoms with Gasteiger partial charge in [0.15, 0.2) is 9.84 Å². The van der Waals surface area contributed by atoms with E-state index in [0.717, 1.165) is 17.5 Å². The molecule has 2 aromatic carbocycles. The quantitative estimate of drug-likeness (QED) is 0.638. The molecule has 2 heterocycles. The highest BCUT2D eigenvalue weighted by molar-refractivity contribution is 9.10. The van der Waals surface area contributed by atoms with Crippen molar-refractivity contribution in [3.8, 4) is 0 Å². The van der Waals surface area contributed by atoms with Gasteiger partial charge in [-0.3, -0.25) is 9.59 Å². The lowest BCUT2D eigenvalue weighted by Crippen LogP contribution is -2.37. The lowest BCUT2D eigenvalue weighted by atomic mass is 10.00. The van der Waals surface area contributed by atoms with Crippen molar-refractivity contribution in [1.29, 1.82) is 0 Å². The Hall–Kier alpha value is -2.19. The molecule has 0 bridgehead atoms. The van der Waals surface area contributed by atoms with Crippen LogP contribution < -0.4 is 4.90 Å². The summed E-state index contributed by atoms with van der Waals surface area (Å²) in [5.41, 5.74) is 3.64. The van der Waals surface area contributed by atoms with Crippen molar-refractivity contribution in [2.45, 2.75) is 50.6 Å². The number of sulfone groups is 1. The number of rotatable bonds is 4. The van der Waals surface area contributed by atoms with Gasteiger partial charge in [-0.15, -0.1) is 0 Å². The number of nitrogens with zero attached hydrogens (tertiary/aromatic N) is 2. The van der Waals surface area contributed by atoms with Crippen molar-refractivity contribution >= 4 is 43.3 Å². The first kappa shape index (κ1) is 22.0. The Balaban J connectivity index is 1.54. The highest BCUT2D eigenvalue weighted by Crippen LogP contribution is 2.40. The smallest absolute Gasteiger partial charge is 0.224 e. The van der Waals surface area contributed by atoms with Crippen molar-refractivity contribution in [2.75, 3.05) is 17.2 Å². The largest absolute Gasteiger partial charge is 0.338 e. The van der Waals surface area contributed by atoms with Crippen LogP contribution in [0.1, 0.15) is 37.0 Å². The Morgan fingerprint density at radius 3 is 2.55 bits per heavy atom. The maximum absolute atomic E-state index is 13.3. The van der Waals surface area contributed by atoms with E-state index in [1.165, 1.54) is 12.5 Å². The second-order valence-corrected chi connectivity index (χ2v) is 11.2. The number of fused-ring (bicyclic) bond motifs is 2. The fourth-order valence-corrected chi connectivity index (χ4v) is 6.74. The lowest BCUT2D eigenvalue weighted by molar-refractivity contribution is -0.131. The number of carbonyl (C=O) groups excluding carboxylic acids is 2. The van der Waals surface area contributed by atoms with Crippen LogP contribution in [-0.4, -0.2) is 43.5 Å². The van der Waals surface area contributed by atoms with Gasteiger partial charge in [-0.2, -0.15) is 0 Å². The molecule has 0 aromatic heterocycles. The van der Waals surface area contributed by atoms with Gasteiger partial charge in [0.2, 0.25) is 11.8 Å². The van der Waals surface area contributed by atoms with Crippen LogP contribution in [0.2, 0.25) is 0 Å². The summed E-state index contributed by atoms with van der Waals surface area (Å²) in [6.45, 7) is 4.46. The van der Waals surface area contributed by atoms with E-state index in [9.17, 15) is 18.0 Å². The van der Waals surface area contributed by atoms with Gasteiger partial charge in [-0.05, 0) is 48.6 Å². The zero-order valence-electron chi connectivity index (χ0n) is 17.6. The van der Waals surface area contributed by atoms with Crippen LogP contribution in [0.4, 0.5) is 5.69 Å². The highest BCUT2D eigenvalue weighted by Gasteiger charge is 2.35. The van der Waals surface area contributed by atoms with E-state index in [1.807, 2.05) is 31.2 Å². The maximum Gasteiger partial charge on any atom is 0.224 e. The van der Waals surface area contributed by atoms with Gasteiger partial charge in [-0.1, -0.05) is 40.2 Å². The molecule has 31 heavy (non-hydrogen) atoms. The van der Waals surface area contributed by atoms with Crippen molar-refractivity contribution in [3.05, 3.63) is 57.6 Å². The number of carbonyl (C=O) groups is 2. The van der Waals surface area contributed by atoms with E-state index in [-0.39, 0.29) is 34.9 Å². The molecule has 0 N–H and O–H groups in total. The summed E-state index contributed by atoms with van der Waals surface area (Å²) < 4.78 is 27.2. The molecule has 0 radical (unpaired) electrons. The van der Waals surface area contributed by atoms with E-state index < -0.39 is 9.84 Å². The third-order valence-corrected chi connectivity index (χ3v) is 8.24. The normalized spacial score (nSPS) is 18.0. The summed E-state index contributed by atoms with van der Waals surface area (Å²) in [5.74, 6) is -0.637. The first-order chi connectivity index (χ1) is 14.7. The average molecular weight is 505 g/mol. The minimum absolute atomic E-state index is 0.0819. The Labute approximate surface area is 191 Å². The molecule has 2 aliphatic heterocycles. The molecular weight excluding hydrogens is 480 g/mol. The number of hydrogen-bond donors (Lipinski definition) is 0. The minimum atomic E-state index is -3.76. The minimum Gasteiger partial charge on any atom is -0.338 e. The topological polar surface area (TPSA) is 74.8 Å². The number of halogens is 1. The number of hydrogen-bond acceptors (Lipinski definition) is 4. The summed E-state index contributed by atoms with van der Waals surface area (Å²) in [6.07, 6.45) is 1.30. The SMILES string of the molecule is CC(=O)N1c2c(cc(Br)cc2S(=O)(=O)CCC(=O)N2CCc3ccccc3C2)CC1C. The number of anilines is 1. The van der Waals surface area contributed by atoms with Gasteiger partial charge in [0.1, 0.15) is 0 Å². The third kappa shape index (κ3) is 4.28. The molecule has 0 aliphatic carbocycles. The fourth-order valence-electron chi connectivity index (χ4n) is 4.59. The molecule has 0 spiro atoms. The standard InChI is InChI=1S/C23H25BrN2O4S/c1-15-11-19-12-20(24)13-21(23(19)26(15)16(2)27)31(29,30)10-8-22(28)25-9-7-17-5-3-4-6-18(17)14-25/h3-6,12-13,15H,7-11,14H2,1-2H3. The Kier molecular flexibility index (Phi) is 5.96. The molecule has 164 valence electrons. The fraction of sp³-hybridized carbons (Fsp3) is 0.391. The molecule has 0 fully saturated rings. The van der Waals surface area contributed by atoms with Gasteiger partial charge in [0.25, 0.3) is 0 Å². The summed E-state index contributed by atoms with van der Waals surface area (Å²) in [4.78, 5) is 28.4. The molecule has 0 saturated heterocycles. The Morgan fingerprint density at radius 2 is 1.84 bits per heavy atom. The van der Waals surface area contributed by atoms with Gasteiger partial charge in [-0.25, -0.2) is 8.42 Å². The maximum atomic E-state index is 13.3. The summed E-state index contributed by atoms with van der Waals surface area (Å²) in [7, 11) is -3.76. The van der Waals surface area contributed by atoms with Crippen molar-refractivity contribution in [3.63, 3.8) is 0 Å². The van der Waals surface area contributed by atoms with Crippen molar-refractivity contribution in [1.82, 2.24) is 4.90 Å². The predicted octanol–water partition coefficient (Wildman–Crippen LogP) is 3.50. The Bertz CT molecular complexity index is 1160. The lowest BCUT2D eigenvalue weighted by Gasteiger charge is -2.29. The molecule has 6 nitrogen and oxygen atoms in total. The van der Waals surface area contributed by atoms with Gasteiger partial charge in [0, 0.05) is 36.9 Å². The van der Waals surface area contributed by atoms with Gasteiger partial charge in [0.05, 0.1) is 16.3 Å². The predicted molar refractivity (Wildman–Crippen MR) is 123 cm³/mol. The third-order valence-electron chi connectivity index (χ3n) is 6.06. The van der Waals surface area contributed by atoms with E-state index in [4.69, 9.17) is 0 Å². The molecule has 1 unspecified atom stereocenters.